The van der Waals surface area contributed by atoms with Gasteiger partial charge >= 0.3 is 7.82 Å². The molecule has 0 aliphatic heterocycles. The molecule has 0 bridgehead atoms. The lowest BCUT2D eigenvalue weighted by atomic mass is 10.3. The zero-order valence-corrected chi connectivity index (χ0v) is 6.78. The first-order valence-electron chi connectivity index (χ1n) is 3.41. The summed E-state index contributed by atoms with van der Waals surface area (Å²) in [6.45, 7) is 0. The van der Waals surface area contributed by atoms with Crippen LogP contribution in [-0.4, -0.2) is 27.1 Å². The zero-order valence-electron chi connectivity index (χ0n) is 5.88. The summed E-state index contributed by atoms with van der Waals surface area (Å²) in [6.07, 6.45) is 0.432. The van der Waals surface area contributed by atoms with Crippen molar-refractivity contribution in [2.75, 3.05) is 0 Å². The molecule has 0 saturated heterocycles. The Morgan fingerprint density at radius 1 is 1.36 bits per heavy atom. The average Bonchev–Trinajstić information content (AvgIpc) is 2.12. The standard InChI is InChI=1S/C5H11O5P/c6-4-2-1-3-5(4)10-11(7,8)9/h4-6H,1-3H2,(H2,7,8,9). The van der Waals surface area contributed by atoms with Crippen molar-refractivity contribution in [2.45, 2.75) is 31.5 Å². The second-order valence-corrected chi connectivity index (χ2v) is 3.82. The van der Waals surface area contributed by atoms with Crippen molar-refractivity contribution in [1.82, 2.24) is 0 Å². The molecule has 1 aliphatic rings. The molecule has 0 aromatic carbocycles. The van der Waals surface area contributed by atoms with Crippen LogP contribution in [0, 0.1) is 0 Å². The van der Waals surface area contributed by atoms with Gasteiger partial charge in [0.2, 0.25) is 0 Å². The van der Waals surface area contributed by atoms with Crippen LogP contribution >= 0.6 is 7.82 Å². The molecule has 66 valence electrons. The fourth-order valence-corrected chi connectivity index (χ4v) is 1.80. The van der Waals surface area contributed by atoms with E-state index in [1.54, 1.807) is 0 Å². The summed E-state index contributed by atoms with van der Waals surface area (Å²) < 4.78 is 14.6. The number of rotatable bonds is 2. The number of hydrogen-bond donors (Lipinski definition) is 3. The molecule has 6 heteroatoms. The quantitative estimate of drug-likeness (QED) is 0.523. The highest BCUT2D eigenvalue weighted by atomic mass is 31.2. The number of hydrogen-bond acceptors (Lipinski definition) is 3. The van der Waals surface area contributed by atoms with E-state index >= 15 is 0 Å². The number of phosphoric ester groups is 1. The molecule has 0 amide bonds. The van der Waals surface area contributed by atoms with Gasteiger partial charge in [-0.3, -0.25) is 4.52 Å². The lowest BCUT2D eigenvalue weighted by Gasteiger charge is -2.15. The van der Waals surface area contributed by atoms with E-state index in [4.69, 9.17) is 14.9 Å². The van der Waals surface area contributed by atoms with E-state index in [0.29, 0.717) is 12.8 Å². The third kappa shape index (κ3) is 2.89. The minimum Gasteiger partial charge on any atom is -0.390 e. The molecule has 0 radical (unpaired) electrons. The molecule has 2 atom stereocenters. The fraction of sp³-hybridized carbons (Fsp3) is 1.00. The number of aliphatic hydroxyl groups excluding tert-OH is 1. The van der Waals surface area contributed by atoms with Gasteiger partial charge in [-0.15, -0.1) is 0 Å². The molecule has 0 aromatic heterocycles. The SMILES string of the molecule is O=P(O)(O)OC1CCCC1O. The van der Waals surface area contributed by atoms with Crippen LogP contribution < -0.4 is 0 Å². The van der Waals surface area contributed by atoms with Crippen LogP contribution in [0.1, 0.15) is 19.3 Å². The Labute approximate surface area is 64.2 Å². The third-order valence-electron chi connectivity index (χ3n) is 1.69. The van der Waals surface area contributed by atoms with Gasteiger partial charge in [-0.2, -0.15) is 0 Å². The van der Waals surface area contributed by atoms with Crippen LogP contribution in [0.2, 0.25) is 0 Å². The van der Waals surface area contributed by atoms with E-state index in [1.165, 1.54) is 0 Å². The van der Waals surface area contributed by atoms with Crippen LogP contribution in [0.5, 0.6) is 0 Å². The molecular formula is C5H11O5P. The molecular weight excluding hydrogens is 171 g/mol. The lowest BCUT2D eigenvalue weighted by molar-refractivity contribution is 0.0384. The largest absolute Gasteiger partial charge is 0.469 e. The fourth-order valence-electron chi connectivity index (χ4n) is 1.21. The second-order valence-electron chi connectivity index (χ2n) is 2.63. The maximum Gasteiger partial charge on any atom is 0.469 e. The minimum absolute atomic E-state index is 0.520. The van der Waals surface area contributed by atoms with Crippen LogP contribution in [0.25, 0.3) is 0 Å². The summed E-state index contributed by atoms with van der Waals surface area (Å²) in [7, 11) is -4.41. The first-order valence-corrected chi connectivity index (χ1v) is 4.94. The molecule has 1 fully saturated rings. The molecule has 0 aromatic rings. The summed E-state index contributed by atoms with van der Waals surface area (Å²) in [5, 5.41) is 9.08. The molecule has 1 aliphatic carbocycles. The van der Waals surface area contributed by atoms with Crippen molar-refractivity contribution in [3.8, 4) is 0 Å². The molecule has 2 unspecified atom stereocenters. The summed E-state index contributed by atoms with van der Waals surface area (Å²) in [6, 6.07) is 0. The number of aliphatic hydroxyl groups is 1. The Hall–Kier alpha value is 0.0700. The van der Waals surface area contributed by atoms with Gasteiger partial charge in [-0.05, 0) is 19.3 Å². The molecule has 11 heavy (non-hydrogen) atoms. The molecule has 1 saturated carbocycles. The molecule has 0 heterocycles. The van der Waals surface area contributed by atoms with Gasteiger partial charge in [-0.25, -0.2) is 4.57 Å². The molecule has 0 spiro atoms. The third-order valence-corrected chi connectivity index (χ3v) is 2.24. The Kier molecular flexibility index (Phi) is 2.67. The normalized spacial score (nSPS) is 32.6. The van der Waals surface area contributed by atoms with Crippen molar-refractivity contribution >= 4 is 7.82 Å². The van der Waals surface area contributed by atoms with Crippen LogP contribution in [-0.2, 0) is 9.09 Å². The van der Waals surface area contributed by atoms with Crippen molar-refractivity contribution < 1.29 is 24.0 Å². The minimum atomic E-state index is -4.41. The van der Waals surface area contributed by atoms with Crippen LogP contribution in [0.15, 0.2) is 0 Å². The van der Waals surface area contributed by atoms with Gasteiger partial charge in [0, 0.05) is 0 Å². The zero-order chi connectivity index (χ0) is 8.48. The van der Waals surface area contributed by atoms with Crippen molar-refractivity contribution in [3.05, 3.63) is 0 Å². The van der Waals surface area contributed by atoms with Gasteiger partial charge in [0.25, 0.3) is 0 Å². The van der Waals surface area contributed by atoms with E-state index in [1.807, 2.05) is 0 Å². The second kappa shape index (κ2) is 3.21. The first-order chi connectivity index (χ1) is 4.99. The van der Waals surface area contributed by atoms with E-state index in [9.17, 15) is 4.57 Å². The maximum atomic E-state index is 10.3. The molecule has 1 rings (SSSR count). The lowest BCUT2D eigenvalue weighted by Crippen LogP contribution is -2.21. The Balaban J connectivity index is 2.43. The summed E-state index contributed by atoms with van der Waals surface area (Å²) in [4.78, 5) is 16.7. The summed E-state index contributed by atoms with van der Waals surface area (Å²) in [5.74, 6) is 0. The highest BCUT2D eigenvalue weighted by Crippen LogP contribution is 2.41. The van der Waals surface area contributed by atoms with Gasteiger partial charge in [0.15, 0.2) is 0 Å². The van der Waals surface area contributed by atoms with Crippen molar-refractivity contribution in [2.24, 2.45) is 0 Å². The van der Waals surface area contributed by atoms with Crippen molar-refractivity contribution in [1.29, 1.82) is 0 Å². The molecule has 5 nitrogen and oxygen atoms in total. The smallest absolute Gasteiger partial charge is 0.390 e. The van der Waals surface area contributed by atoms with Gasteiger partial charge < -0.3 is 14.9 Å². The summed E-state index contributed by atoms with van der Waals surface area (Å²) >= 11 is 0. The maximum absolute atomic E-state index is 10.3. The highest BCUT2D eigenvalue weighted by Gasteiger charge is 2.31. The van der Waals surface area contributed by atoms with E-state index in [2.05, 4.69) is 4.52 Å². The highest BCUT2D eigenvalue weighted by molar-refractivity contribution is 7.46. The average molecular weight is 182 g/mol. The molecule has 3 N–H and O–H groups in total. The monoisotopic (exact) mass is 182 g/mol. The van der Waals surface area contributed by atoms with Gasteiger partial charge in [0.1, 0.15) is 0 Å². The number of phosphoric acid groups is 1. The van der Waals surface area contributed by atoms with Crippen LogP contribution in [0.4, 0.5) is 0 Å². The Morgan fingerprint density at radius 3 is 2.36 bits per heavy atom. The van der Waals surface area contributed by atoms with E-state index in [-0.39, 0.29) is 0 Å². The van der Waals surface area contributed by atoms with Gasteiger partial charge in [0.05, 0.1) is 12.2 Å². The van der Waals surface area contributed by atoms with Gasteiger partial charge in [-0.1, -0.05) is 0 Å². The Bertz CT molecular complexity index is 176. The Morgan fingerprint density at radius 2 is 2.00 bits per heavy atom. The van der Waals surface area contributed by atoms with E-state index in [0.717, 1.165) is 6.42 Å². The topological polar surface area (TPSA) is 87.0 Å². The van der Waals surface area contributed by atoms with Crippen molar-refractivity contribution in [3.63, 3.8) is 0 Å². The van der Waals surface area contributed by atoms with E-state index < -0.39 is 20.0 Å². The predicted octanol–water partition coefficient (Wildman–Crippen LogP) is 0.00910. The predicted molar refractivity (Wildman–Crippen MR) is 36.8 cm³/mol. The summed E-state index contributed by atoms with van der Waals surface area (Å²) in [5.41, 5.74) is 0. The first kappa shape index (κ1) is 9.16. The van der Waals surface area contributed by atoms with Crippen LogP contribution in [0.3, 0.4) is 0 Å².